The molecule has 0 amide bonds. The average Bonchev–Trinajstić information content (AvgIpc) is 2.08. The molecule has 0 aliphatic carbocycles. The molecule has 4 heteroatoms. The number of rotatable bonds is 1. The minimum Gasteiger partial charge on any atom is -0.456 e. The number of nitrogen functional groups attached to an aromatic ring is 1. The van der Waals surface area contributed by atoms with Crippen molar-refractivity contribution in [3.05, 3.63) is 29.1 Å². The lowest BCUT2D eigenvalue weighted by Gasteiger charge is -2.20. The third-order valence-electron chi connectivity index (χ3n) is 2.03. The number of benzene rings is 1. The van der Waals surface area contributed by atoms with Crippen LogP contribution in [0.4, 0.5) is 10.1 Å². The van der Waals surface area contributed by atoms with Crippen LogP contribution in [-0.2, 0) is 4.74 Å². The van der Waals surface area contributed by atoms with Crippen molar-refractivity contribution in [2.24, 2.45) is 0 Å². The molecule has 1 rings (SSSR count). The summed E-state index contributed by atoms with van der Waals surface area (Å²) in [5.41, 5.74) is 5.93. The summed E-state index contributed by atoms with van der Waals surface area (Å²) < 4.78 is 18.3. The van der Waals surface area contributed by atoms with Crippen LogP contribution in [0.2, 0.25) is 0 Å². The number of anilines is 1. The molecular weight excluding hydrogens is 209 g/mol. The molecule has 88 valence electrons. The number of esters is 1. The van der Waals surface area contributed by atoms with E-state index in [1.807, 2.05) is 0 Å². The molecule has 0 fully saturated rings. The molecule has 0 aromatic heterocycles. The molecular formula is C12H16FNO2. The van der Waals surface area contributed by atoms with Crippen molar-refractivity contribution in [2.75, 3.05) is 5.73 Å². The number of nitrogens with two attached hydrogens (primary N) is 1. The van der Waals surface area contributed by atoms with E-state index in [4.69, 9.17) is 10.5 Å². The Kier molecular flexibility index (Phi) is 3.21. The van der Waals surface area contributed by atoms with Gasteiger partial charge in [-0.1, -0.05) is 0 Å². The number of carbonyl (C=O) groups is 1. The van der Waals surface area contributed by atoms with E-state index in [1.165, 1.54) is 6.07 Å². The van der Waals surface area contributed by atoms with Crippen molar-refractivity contribution in [3.8, 4) is 0 Å². The van der Waals surface area contributed by atoms with E-state index in [0.29, 0.717) is 5.56 Å². The minimum absolute atomic E-state index is 0.174. The van der Waals surface area contributed by atoms with Gasteiger partial charge in [0.15, 0.2) is 0 Å². The first kappa shape index (κ1) is 12.5. The van der Waals surface area contributed by atoms with Crippen LogP contribution >= 0.6 is 0 Å². The molecule has 0 aliphatic heterocycles. The van der Waals surface area contributed by atoms with Crippen molar-refractivity contribution >= 4 is 11.7 Å². The van der Waals surface area contributed by atoms with Crippen LogP contribution in [0.25, 0.3) is 0 Å². The Morgan fingerprint density at radius 2 is 1.94 bits per heavy atom. The van der Waals surface area contributed by atoms with Gasteiger partial charge in [0.05, 0.1) is 5.56 Å². The number of carbonyl (C=O) groups excluding carboxylic acids is 1. The highest BCUT2D eigenvalue weighted by Crippen LogP contribution is 2.21. The summed E-state index contributed by atoms with van der Waals surface area (Å²) in [5.74, 6) is -1.10. The second kappa shape index (κ2) is 4.12. The van der Waals surface area contributed by atoms with E-state index in [9.17, 15) is 9.18 Å². The third kappa shape index (κ3) is 2.95. The number of ether oxygens (including phenoxy) is 1. The molecule has 0 radical (unpaired) electrons. The zero-order chi connectivity index (χ0) is 12.5. The molecule has 0 unspecified atom stereocenters. The molecule has 2 N–H and O–H groups in total. The highest BCUT2D eigenvalue weighted by atomic mass is 19.1. The number of halogens is 1. The predicted octanol–water partition coefficient (Wildman–Crippen LogP) is 2.67. The lowest BCUT2D eigenvalue weighted by Crippen LogP contribution is -2.24. The topological polar surface area (TPSA) is 52.3 Å². The van der Waals surface area contributed by atoms with Gasteiger partial charge in [-0.05, 0) is 45.4 Å². The SMILES string of the molecule is Cc1c(N)cc(F)cc1C(=O)OC(C)(C)C. The average molecular weight is 225 g/mol. The Bertz CT molecular complexity index is 422. The molecule has 0 aliphatic rings. The summed E-state index contributed by atoms with van der Waals surface area (Å²) in [6.07, 6.45) is 0. The van der Waals surface area contributed by atoms with Crippen LogP contribution in [0.1, 0.15) is 36.7 Å². The molecule has 1 aromatic carbocycles. The highest BCUT2D eigenvalue weighted by Gasteiger charge is 2.20. The quantitative estimate of drug-likeness (QED) is 0.590. The van der Waals surface area contributed by atoms with Gasteiger partial charge in [0.25, 0.3) is 0 Å². The summed E-state index contributed by atoms with van der Waals surface area (Å²) in [6, 6.07) is 2.32. The molecule has 0 saturated carbocycles. The van der Waals surface area contributed by atoms with Crippen LogP contribution in [0, 0.1) is 12.7 Å². The Balaban J connectivity index is 3.09. The Labute approximate surface area is 94.4 Å². The fourth-order valence-corrected chi connectivity index (χ4v) is 1.25. The van der Waals surface area contributed by atoms with E-state index in [1.54, 1.807) is 27.7 Å². The maximum atomic E-state index is 13.1. The summed E-state index contributed by atoms with van der Waals surface area (Å²) >= 11 is 0. The lowest BCUT2D eigenvalue weighted by atomic mass is 10.1. The predicted molar refractivity (Wildman–Crippen MR) is 60.7 cm³/mol. The van der Waals surface area contributed by atoms with Gasteiger partial charge in [0.1, 0.15) is 11.4 Å². The second-order valence-corrected chi connectivity index (χ2v) is 4.67. The van der Waals surface area contributed by atoms with Gasteiger partial charge in [-0.15, -0.1) is 0 Å². The lowest BCUT2D eigenvalue weighted by molar-refractivity contribution is 0.00683. The van der Waals surface area contributed by atoms with Gasteiger partial charge < -0.3 is 10.5 Å². The maximum Gasteiger partial charge on any atom is 0.339 e. The molecule has 0 atom stereocenters. The van der Waals surface area contributed by atoms with Crippen LogP contribution < -0.4 is 5.73 Å². The van der Waals surface area contributed by atoms with E-state index in [0.717, 1.165) is 6.07 Å². The first-order valence-corrected chi connectivity index (χ1v) is 4.99. The van der Waals surface area contributed by atoms with Crippen molar-refractivity contribution in [2.45, 2.75) is 33.3 Å². The van der Waals surface area contributed by atoms with Crippen LogP contribution in [0.5, 0.6) is 0 Å². The first-order valence-electron chi connectivity index (χ1n) is 4.99. The van der Waals surface area contributed by atoms with Crippen molar-refractivity contribution < 1.29 is 13.9 Å². The van der Waals surface area contributed by atoms with Crippen molar-refractivity contribution in [3.63, 3.8) is 0 Å². The van der Waals surface area contributed by atoms with Gasteiger partial charge in [-0.2, -0.15) is 0 Å². The van der Waals surface area contributed by atoms with E-state index in [2.05, 4.69) is 0 Å². The van der Waals surface area contributed by atoms with E-state index >= 15 is 0 Å². The Morgan fingerprint density at radius 3 is 2.44 bits per heavy atom. The smallest absolute Gasteiger partial charge is 0.339 e. The number of hydrogen-bond acceptors (Lipinski definition) is 3. The van der Waals surface area contributed by atoms with Crippen LogP contribution in [0.15, 0.2) is 12.1 Å². The minimum atomic E-state index is -0.607. The molecule has 0 bridgehead atoms. The second-order valence-electron chi connectivity index (χ2n) is 4.67. The monoisotopic (exact) mass is 225 g/mol. The van der Waals surface area contributed by atoms with Crippen molar-refractivity contribution in [1.29, 1.82) is 0 Å². The number of hydrogen-bond donors (Lipinski definition) is 1. The zero-order valence-corrected chi connectivity index (χ0v) is 9.93. The van der Waals surface area contributed by atoms with Gasteiger partial charge >= 0.3 is 5.97 Å². The Morgan fingerprint density at radius 1 is 1.38 bits per heavy atom. The van der Waals surface area contributed by atoms with Gasteiger partial charge in [-0.25, -0.2) is 9.18 Å². The molecule has 0 spiro atoms. The van der Waals surface area contributed by atoms with Gasteiger partial charge in [0, 0.05) is 5.69 Å². The van der Waals surface area contributed by atoms with Crippen LogP contribution in [0.3, 0.4) is 0 Å². The molecule has 1 aromatic rings. The normalized spacial score (nSPS) is 11.3. The van der Waals surface area contributed by atoms with Crippen molar-refractivity contribution in [1.82, 2.24) is 0 Å². The third-order valence-corrected chi connectivity index (χ3v) is 2.03. The van der Waals surface area contributed by atoms with E-state index in [-0.39, 0.29) is 11.3 Å². The largest absolute Gasteiger partial charge is 0.456 e. The maximum absolute atomic E-state index is 13.1. The fraction of sp³-hybridized carbons (Fsp3) is 0.417. The first-order chi connectivity index (χ1) is 7.20. The zero-order valence-electron chi connectivity index (χ0n) is 9.93. The molecule has 0 heterocycles. The summed E-state index contributed by atoms with van der Waals surface area (Å²) in [6.45, 7) is 6.92. The fourth-order valence-electron chi connectivity index (χ4n) is 1.25. The molecule has 0 saturated heterocycles. The molecule has 16 heavy (non-hydrogen) atoms. The van der Waals surface area contributed by atoms with Gasteiger partial charge in [0.2, 0.25) is 0 Å². The van der Waals surface area contributed by atoms with Crippen LogP contribution in [-0.4, -0.2) is 11.6 Å². The summed E-state index contributed by atoms with van der Waals surface area (Å²) in [5, 5.41) is 0. The Hall–Kier alpha value is -1.58. The summed E-state index contributed by atoms with van der Waals surface area (Å²) in [4.78, 5) is 11.7. The van der Waals surface area contributed by atoms with E-state index < -0.39 is 17.4 Å². The highest BCUT2D eigenvalue weighted by molar-refractivity contribution is 5.92. The summed E-state index contributed by atoms with van der Waals surface area (Å²) in [7, 11) is 0. The molecule has 3 nitrogen and oxygen atoms in total. The van der Waals surface area contributed by atoms with Gasteiger partial charge in [-0.3, -0.25) is 0 Å². The standard InChI is InChI=1S/C12H16FNO2/c1-7-9(5-8(13)6-10(7)14)11(15)16-12(2,3)4/h5-6H,14H2,1-4H3.